The Bertz CT molecular complexity index is 462. The van der Waals surface area contributed by atoms with Crippen LogP contribution in [0.3, 0.4) is 0 Å². The van der Waals surface area contributed by atoms with Crippen molar-refractivity contribution < 1.29 is 23.0 Å². The molecule has 1 aromatic rings. The van der Waals surface area contributed by atoms with Crippen LogP contribution in [0.5, 0.6) is 5.75 Å². The molecule has 0 aromatic heterocycles. The van der Waals surface area contributed by atoms with E-state index < -0.39 is 11.7 Å². The van der Waals surface area contributed by atoms with E-state index >= 15 is 0 Å². The summed E-state index contributed by atoms with van der Waals surface area (Å²) in [6.45, 7) is -0.288. The number of aliphatic hydroxyl groups excluding tert-OH is 1. The Hall–Kier alpha value is -1.56. The van der Waals surface area contributed by atoms with E-state index in [0.29, 0.717) is 5.56 Å². The normalized spacial score (nSPS) is 22.6. The number of rotatable bonds is 3. The van der Waals surface area contributed by atoms with Gasteiger partial charge in [0.1, 0.15) is 5.75 Å². The molecule has 3 nitrogen and oxygen atoms in total. The second kappa shape index (κ2) is 3.73. The highest BCUT2D eigenvalue weighted by Crippen LogP contribution is 2.48. The van der Waals surface area contributed by atoms with Gasteiger partial charge in [0.25, 0.3) is 0 Å². The van der Waals surface area contributed by atoms with Crippen LogP contribution in [0.15, 0.2) is 23.2 Å². The highest BCUT2D eigenvalue weighted by atomic mass is 19.4. The molecule has 1 aliphatic rings. The van der Waals surface area contributed by atoms with E-state index in [-0.39, 0.29) is 17.9 Å². The predicted molar refractivity (Wildman–Crippen MR) is 55.1 cm³/mol. The molecule has 0 fully saturated rings. The van der Waals surface area contributed by atoms with Crippen LogP contribution in [0, 0.1) is 0 Å². The van der Waals surface area contributed by atoms with Crippen molar-refractivity contribution in [3.63, 3.8) is 0 Å². The van der Waals surface area contributed by atoms with Gasteiger partial charge in [0.15, 0.2) is 0 Å². The van der Waals surface area contributed by atoms with Gasteiger partial charge < -0.3 is 9.84 Å². The second-order valence-electron chi connectivity index (χ2n) is 3.71. The van der Waals surface area contributed by atoms with Crippen LogP contribution in [0.1, 0.15) is 11.1 Å². The van der Waals surface area contributed by atoms with E-state index in [4.69, 9.17) is 9.84 Å². The summed E-state index contributed by atoms with van der Waals surface area (Å²) in [6, 6.07) is 3.96. The van der Waals surface area contributed by atoms with Gasteiger partial charge in [-0.15, -0.1) is 0 Å². The van der Waals surface area contributed by atoms with Gasteiger partial charge in [-0.05, 0) is 11.6 Å². The average molecular weight is 245 g/mol. The molecule has 1 atom stereocenters. The van der Waals surface area contributed by atoms with Crippen molar-refractivity contribution in [1.82, 2.24) is 0 Å². The highest BCUT2D eigenvalue weighted by molar-refractivity contribution is 5.87. The number of ether oxygens (including phenoxy) is 1. The molecule has 0 saturated heterocycles. The monoisotopic (exact) mass is 245 g/mol. The van der Waals surface area contributed by atoms with Gasteiger partial charge in [0, 0.05) is 11.8 Å². The predicted octanol–water partition coefficient (Wildman–Crippen LogP) is 2.03. The van der Waals surface area contributed by atoms with E-state index in [0.717, 1.165) is 6.21 Å². The molecule has 0 bridgehead atoms. The minimum atomic E-state index is -4.45. The Kier molecular flexibility index (Phi) is 2.61. The van der Waals surface area contributed by atoms with Crippen molar-refractivity contribution in [2.75, 3.05) is 7.11 Å². The van der Waals surface area contributed by atoms with Crippen molar-refractivity contribution >= 4 is 6.21 Å². The summed E-state index contributed by atoms with van der Waals surface area (Å²) in [7, 11) is 1.34. The van der Waals surface area contributed by atoms with Crippen LogP contribution < -0.4 is 4.74 Å². The van der Waals surface area contributed by atoms with Crippen molar-refractivity contribution in [3.8, 4) is 5.75 Å². The zero-order chi connectivity index (χ0) is 12.7. The quantitative estimate of drug-likeness (QED) is 0.885. The Morgan fingerprint density at radius 3 is 2.47 bits per heavy atom. The van der Waals surface area contributed by atoms with Crippen LogP contribution in [-0.2, 0) is 12.1 Å². The van der Waals surface area contributed by atoms with E-state index in [2.05, 4.69) is 4.99 Å². The number of aliphatic imine (C=N–C) groups is 1. The molecule has 1 aromatic carbocycles. The minimum absolute atomic E-state index is 0.000880. The van der Waals surface area contributed by atoms with E-state index in [1.807, 2.05) is 0 Å². The third kappa shape index (κ3) is 1.78. The summed E-state index contributed by atoms with van der Waals surface area (Å²) < 4.78 is 43.3. The molecule has 1 aliphatic heterocycles. The molecule has 0 amide bonds. The number of hydrogen-bond acceptors (Lipinski definition) is 3. The van der Waals surface area contributed by atoms with Gasteiger partial charge in [-0.2, -0.15) is 13.2 Å². The summed E-state index contributed by atoms with van der Waals surface area (Å²) in [6.07, 6.45) is -3.58. The molecule has 0 radical (unpaired) electrons. The van der Waals surface area contributed by atoms with Crippen LogP contribution in [0.4, 0.5) is 13.2 Å². The third-order valence-electron chi connectivity index (χ3n) is 2.72. The van der Waals surface area contributed by atoms with Crippen LogP contribution in [0.25, 0.3) is 0 Å². The van der Waals surface area contributed by atoms with Gasteiger partial charge in [-0.25, -0.2) is 0 Å². The van der Waals surface area contributed by atoms with Gasteiger partial charge in [-0.3, -0.25) is 4.99 Å². The van der Waals surface area contributed by atoms with Crippen molar-refractivity contribution in [1.29, 1.82) is 0 Å². The molecule has 17 heavy (non-hydrogen) atoms. The van der Waals surface area contributed by atoms with E-state index in [1.165, 1.54) is 25.3 Å². The largest absolute Gasteiger partial charge is 0.496 e. The molecule has 0 spiro atoms. The lowest BCUT2D eigenvalue weighted by Gasteiger charge is -2.19. The molecule has 0 aliphatic carbocycles. The summed E-state index contributed by atoms with van der Waals surface area (Å²) in [4.78, 5) is 3.34. The van der Waals surface area contributed by atoms with Crippen molar-refractivity contribution in [3.05, 3.63) is 29.3 Å². The maximum Gasteiger partial charge on any atom is 0.422 e. The Balaban J connectivity index is 2.42. The van der Waals surface area contributed by atoms with E-state index in [9.17, 15) is 13.2 Å². The van der Waals surface area contributed by atoms with E-state index in [1.54, 1.807) is 0 Å². The smallest absolute Gasteiger partial charge is 0.422 e. The number of hydrogen-bond donors (Lipinski definition) is 1. The lowest BCUT2D eigenvalue weighted by atomic mass is 9.95. The maximum absolute atomic E-state index is 12.8. The fourth-order valence-corrected chi connectivity index (χ4v) is 1.64. The molecular formula is C11H10F3NO2. The highest BCUT2D eigenvalue weighted by Gasteiger charge is 2.61. The summed E-state index contributed by atoms with van der Waals surface area (Å²) in [5.41, 5.74) is -1.76. The zero-order valence-electron chi connectivity index (χ0n) is 8.95. The molecule has 0 saturated carbocycles. The van der Waals surface area contributed by atoms with Crippen LogP contribution in [0.2, 0.25) is 0 Å². The number of halogens is 3. The minimum Gasteiger partial charge on any atom is -0.496 e. The third-order valence-corrected chi connectivity index (χ3v) is 2.72. The first kappa shape index (κ1) is 11.9. The molecule has 1 N–H and O–H groups in total. The topological polar surface area (TPSA) is 41.8 Å². The Labute approximate surface area is 95.5 Å². The number of aliphatic hydroxyl groups is 1. The lowest BCUT2D eigenvalue weighted by Crippen LogP contribution is -2.31. The van der Waals surface area contributed by atoms with Gasteiger partial charge in [0.05, 0.1) is 13.7 Å². The summed E-state index contributed by atoms with van der Waals surface area (Å²) in [5.74, 6) is 0.226. The van der Waals surface area contributed by atoms with Crippen molar-refractivity contribution in [2.24, 2.45) is 4.99 Å². The summed E-state index contributed by atoms with van der Waals surface area (Å²) >= 11 is 0. The molecule has 1 heterocycles. The van der Waals surface area contributed by atoms with Crippen LogP contribution in [-0.4, -0.2) is 24.6 Å². The number of nitrogens with zero attached hydrogens (tertiary/aromatic N) is 1. The number of benzene rings is 1. The molecule has 1 unspecified atom stereocenters. The zero-order valence-corrected chi connectivity index (χ0v) is 8.95. The Morgan fingerprint density at radius 2 is 2.06 bits per heavy atom. The first-order valence-electron chi connectivity index (χ1n) is 4.86. The average Bonchev–Trinajstić information content (AvgIpc) is 3.08. The van der Waals surface area contributed by atoms with Crippen molar-refractivity contribution in [2.45, 2.75) is 18.3 Å². The lowest BCUT2D eigenvalue weighted by molar-refractivity contribution is -0.156. The SMILES string of the molecule is COc1cc(C2(C(F)(F)F)C=N2)ccc1CO. The maximum atomic E-state index is 12.8. The molecule has 6 heteroatoms. The number of methoxy groups -OCH3 is 1. The second-order valence-corrected chi connectivity index (χ2v) is 3.71. The fourth-order valence-electron chi connectivity index (χ4n) is 1.64. The number of alkyl halides is 3. The summed E-state index contributed by atoms with van der Waals surface area (Å²) in [5, 5.41) is 8.99. The molecule has 2 rings (SSSR count). The molecular weight excluding hydrogens is 235 g/mol. The first-order valence-corrected chi connectivity index (χ1v) is 4.86. The standard InChI is InChI=1S/C11H10F3NO2/c1-17-9-4-8(3-2-7(9)5-16)10(6-15-10)11(12,13)14/h2-4,6,16H,5H2,1H3. The van der Waals surface area contributed by atoms with Gasteiger partial charge in [0.2, 0.25) is 5.54 Å². The van der Waals surface area contributed by atoms with Crippen LogP contribution >= 0.6 is 0 Å². The fraction of sp³-hybridized carbons (Fsp3) is 0.364. The molecule has 92 valence electrons. The van der Waals surface area contributed by atoms with Gasteiger partial charge in [-0.1, -0.05) is 12.1 Å². The van der Waals surface area contributed by atoms with Gasteiger partial charge >= 0.3 is 6.18 Å². The Morgan fingerprint density at radius 1 is 1.41 bits per heavy atom. The first-order chi connectivity index (χ1) is 7.94.